The van der Waals surface area contributed by atoms with Crippen molar-refractivity contribution in [2.45, 2.75) is 25.2 Å². The highest BCUT2D eigenvalue weighted by molar-refractivity contribution is 7.13. The molecule has 18 heavy (non-hydrogen) atoms. The molecule has 2 aromatic rings. The molecule has 1 fully saturated rings. The van der Waals surface area contributed by atoms with E-state index < -0.39 is 0 Å². The van der Waals surface area contributed by atoms with E-state index in [0.29, 0.717) is 5.13 Å². The zero-order valence-electron chi connectivity index (χ0n) is 10.1. The predicted molar refractivity (Wildman–Crippen MR) is 72.8 cm³/mol. The van der Waals surface area contributed by atoms with Crippen molar-refractivity contribution < 1.29 is 4.79 Å². The molecule has 1 aromatic heterocycles. The number of carbonyl (C=O) groups excluding carboxylic acids is 1. The van der Waals surface area contributed by atoms with Gasteiger partial charge in [0.1, 0.15) is 0 Å². The van der Waals surface area contributed by atoms with E-state index in [0.717, 1.165) is 24.1 Å². The van der Waals surface area contributed by atoms with Gasteiger partial charge in [-0.25, -0.2) is 4.98 Å². The van der Waals surface area contributed by atoms with Crippen molar-refractivity contribution in [3.8, 4) is 0 Å². The lowest BCUT2D eigenvalue weighted by Crippen LogP contribution is -2.27. The van der Waals surface area contributed by atoms with E-state index in [1.54, 1.807) is 0 Å². The lowest BCUT2D eigenvalue weighted by Gasteiger charge is -2.14. The molecule has 0 atom stereocenters. The van der Waals surface area contributed by atoms with Crippen LogP contribution in [0.25, 0.3) is 0 Å². The lowest BCUT2D eigenvalue weighted by molar-refractivity contribution is -0.118. The number of aromatic nitrogens is 1. The maximum absolute atomic E-state index is 12.4. The van der Waals surface area contributed by atoms with Crippen molar-refractivity contribution in [1.29, 1.82) is 0 Å². The first-order valence-electron chi connectivity index (χ1n) is 6.00. The van der Waals surface area contributed by atoms with E-state index in [1.165, 1.54) is 11.3 Å². The summed E-state index contributed by atoms with van der Waals surface area (Å²) < 4.78 is 0. The highest BCUT2D eigenvalue weighted by Crippen LogP contribution is 2.48. The quantitative estimate of drug-likeness (QED) is 0.919. The summed E-state index contributed by atoms with van der Waals surface area (Å²) in [6.45, 7) is 1.93. The van der Waals surface area contributed by atoms with Gasteiger partial charge < -0.3 is 5.32 Å². The second-order valence-electron chi connectivity index (χ2n) is 4.70. The Balaban J connectivity index is 1.81. The molecule has 3 nitrogen and oxygen atoms in total. The molecule has 1 aliphatic rings. The van der Waals surface area contributed by atoms with Gasteiger partial charge in [-0.05, 0) is 25.3 Å². The Labute approximate surface area is 110 Å². The molecule has 1 heterocycles. The average Bonchev–Trinajstić information content (AvgIpc) is 3.10. The number of carbonyl (C=O) groups is 1. The van der Waals surface area contributed by atoms with Crippen molar-refractivity contribution >= 4 is 22.4 Å². The Morgan fingerprint density at radius 2 is 2.06 bits per heavy atom. The third-order valence-electron chi connectivity index (χ3n) is 3.35. The Kier molecular flexibility index (Phi) is 2.67. The smallest absolute Gasteiger partial charge is 0.236 e. The number of hydrogen-bond acceptors (Lipinski definition) is 3. The number of aryl methyl sites for hydroxylation is 1. The molecule has 0 aliphatic heterocycles. The van der Waals surface area contributed by atoms with Crippen molar-refractivity contribution in [2.75, 3.05) is 5.32 Å². The van der Waals surface area contributed by atoms with Crippen molar-refractivity contribution in [1.82, 2.24) is 4.98 Å². The Bertz CT molecular complexity index is 572. The van der Waals surface area contributed by atoms with E-state index in [2.05, 4.69) is 10.3 Å². The van der Waals surface area contributed by atoms with Crippen molar-refractivity contribution in [3.05, 3.63) is 47.0 Å². The molecule has 0 bridgehead atoms. The first-order valence-corrected chi connectivity index (χ1v) is 6.88. The van der Waals surface area contributed by atoms with Gasteiger partial charge in [-0.1, -0.05) is 30.3 Å². The molecule has 3 rings (SSSR count). The van der Waals surface area contributed by atoms with Gasteiger partial charge in [0.05, 0.1) is 11.1 Å². The standard InChI is InChI=1S/C14H14N2OS/c1-10-9-18-13(15-10)16-12(17)14(7-8-14)11-5-3-2-4-6-11/h2-6,9H,7-8H2,1H3,(H,15,16,17). The molecule has 0 spiro atoms. The van der Waals surface area contributed by atoms with E-state index in [1.807, 2.05) is 42.6 Å². The minimum Gasteiger partial charge on any atom is -0.301 e. The number of benzene rings is 1. The van der Waals surface area contributed by atoms with Crippen LogP contribution in [0.2, 0.25) is 0 Å². The summed E-state index contributed by atoms with van der Waals surface area (Å²) in [6.07, 6.45) is 1.85. The second-order valence-corrected chi connectivity index (χ2v) is 5.55. The summed E-state index contributed by atoms with van der Waals surface area (Å²) in [6, 6.07) is 9.99. The summed E-state index contributed by atoms with van der Waals surface area (Å²) in [5, 5.41) is 5.57. The number of anilines is 1. The van der Waals surface area contributed by atoms with Gasteiger partial charge in [-0.3, -0.25) is 4.79 Å². The molecule has 1 saturated carbocycles. The third kappa shape index (κ3) is 1.93. The molecule has 1 N–H and O–H groups in total. The minimum absolute atomic E-state index is 0.0723. The monoisotopic (exact) mass is 258 g/mol. The number of thiazole rings is 1. The summed E-state index contributed by atoms with van der Waals surface area (Å²) >= 11 is 1.47. The zero-order chi connectivity index (χ0) is 12.6. The maximum Gasteiger partial charge on any atom is 0.236 e. The van der Waals surface area contributed by atoms with Crippen LogP contribution in [0.15, 0.2) is 35.7 Å². The maximum atomic E-state index is 12.4. The summed E-state index contributed by atoms with van der Waals surface area (Å²) in [5.74, 6) is 0.0723. The van der Waals surface area contributed by atoms with Gasteiger partial charge in [0, 0.05) is 5.38 Å². The summed E-state index contributed by atoms with van der Waals surface area (Å²) in [5.41, 5.74) is 1.73. The number of nitrogens with zero attached hydrogens (tertiary/aromatic N) is 1. The van der Waals surface area contributed by atoms with Crippen LogP contribution < -0.4 is 5.32 Å². The molecular formula is C14H14N2OS. The summed E-state index contributed by atoms with van der Waals surface area (Å²) in [7, 11) is 0. The Hall–Kier alpha value is -1.68. The molecule has 1 amide bonds. The van der Waals surface area contributed by atoms with E-state index in [-0.39, 0.29) is 11.3 Å². The molecular weight excluding hydrogens is 244 g/mol. The Morgan fingerprint density at radius 1 is 1.33 bits per heavy atom. The van der Waals surface area contributed by atoms with Crippen LogP contribution in [0.4, 0.5) is 5.13 Å². The molecule has 4 heteroatoms. The number of hydrogen-bond donors (Lipinski definition) is 1. The third-order valence-corrected chi connectivity index (χ3v) is 4.23. The number of nitrogens with one attached hydrogen (secondary N) is 1. The molecule has 1 aromatic carbocycles. The fourth-order valence-electron chi connectivity index (χ4n) is 2.16. The van der Waals surface area contributed by atoms with Crippen molar-refractivity contribution in [3.63, 3.8) is 0 Å². The number of rotatable bonds is 3. The van der Waals surface area contributed by atoms with E-state index in [9.17, 15) is 4.79 Å². The first-order chi connectivity index (χ1) is 8.71. The molecule has 0 saturated heterocycles. The highest BCUT2D eigenvalue weighted by atomic mass is 32.1. The van der Waals surface area contributed by atoms with Gasteiger partial charge in [0.25, 0.3) is 0 Å². The second kappa shape index (κ2) is 4.21. The minimum atomic E-state index is -0.319. The normalized spacial score (nSPS) is 16.3. The summed E-state index contributed by atoms with van der Waals surface area (Å²) in [4.78, 5) is 16.6. The van der Waals surface area contributed by atoms with Crippen molar-refractivity contribution in [2.24, 2.45) is 0 Å². The average molecular weight is 258 g/mol. The molecule has 0 unspecified atom stereocenters. The van der Waals surface area contributed by atoms with Crippen LogP contribution >= 0.6 is 11.3 Å². The van der Waals surface area contributed by atoms with Gasteiger partial charge in [0.2, 0.25) is 5.91 Å². The fraction of sp³-hybridized carbons (Fsp3) is 0.286. The van der Waals surface area contributed by atoms with E-state index >= 15 is 0 Å². The van der Waals surface area contributed by atoms with Gasteiger partial charge in [-0.15, -0.1) is 11.3 Å². The lowest BCUT2D eigenvalue weighted by atomic mass is 9.95. The fourth-order valence-corrected chi connectivity index (χ4v) is 2.84. The van der Waals surface area contributed by atoms with Gasteiger partial charge in [-0.2, -0.15) is 0 Å². The van der Waals surface area contributed by atoms with Crippen LogP contribution in [0.1, 0.15) is 24.1 Å². The van der Waals surface area contributed by atoms with Crippen LogP contribution in [-0.2, 0) is 10.2 Å². The van der Waals surface area contributed by atoms with Gasteiger partial charge in [0.15, 0.2) is 5.13 Å². The molecule has 0 radical (unpaired) electrons. The predicted octanol–water partition coefficient (Wildman–Crippen LogP) is 3.12. The zero-order valence-corrected chi connectivity index (χ0v) is 11.0. The van der Waals surface area contributed by atoms with Crippen LogP contribution in [0, 0.1) is 6.92 Å². The largest absolute Gasteiger partial charge is 0.301 e. The van der Waals surface area contributed by atoms with E-state index in [4.69, 9.17) is 0 Å². The van der Waals surface area contributed by atoms with Crippen LogP contribution in [0.5, 0.6) is 0 Å². The van der Waals surface area contributed by atoms with Crippen LogP contribution in [0.3, 0.4) is 0 Å². The first kappa shape index (κ1) is 11.4. The molecule has 92 valence electrons. The Morgan fingerprint density at radius 3 is 2.61 bits per heavy atom. The number of amides is 1. The molecule has 1 aliphatic carbocycles. The topological polar surface area (TPSA) is 42.0 Å². The van der Waals surface area contributed by atoms with Gasteiger partial charge >= 0.3 is 0 Å². The van der Waals surface area contributed by atoms with Crippen LogP contribution in [-0.4, -0.2) is 10.9 Å². The SMILES string of the molecule is Cc1csc(NC(=O)C2(c3ccccc3)CC2)n1. The highest BCUT2D eigenvalue weighted by Gasteiger charge is 2.51.